The van der Waals surface area contributed by atoms with E-state index in [9.17, 15) is 13.2 Å². The zero-order valence-corrected chi connectivity index (χ0v) is 15.6. The van der Waals surface area contributed by atoms with Crippen molar-refractivity contribution in [3.63, 3.8) is 0 Å². The number of sulfonamides is 1. The Balaban J connectivity index is 2.44. The molecule has 7 heteroatoms. The lowest BCUT2D eigenvalue weighted by Crippen LogP contribution is -2.40. The molecule has 0 heterocycles. The maximum absolute atomic E-state index is 11.9. The van der Waals surface area contributed by atoms with E-state index in [4.69, 9.17) is 0 Å². The average molecular weight is 391 g/mol. The largest absolute Gasteiger partial charge is 0.354 e. The number of nitrogens with zero attached hydrogens (tertiary/aromatic N) is 1. The minimum Gasteiger partial charge on any atom is -0.354 e. The normalized spacial score (nSPS) is 11.9. The van der Waals surface area contributed by atoms with Crippen LogP contribution in [0.2, 0.25) is 0 Å². The zero-order chi connectivity index (χ0) is 16.8. The first-order chi connectivity index (χ1) is 10.2. The number of amides is 1. The average Bonchev–Trinajstić information content (AvgIpc) is 2.39. The van der Waals surface area contributed by atoms with Crippen molar-refractivity contribution >= 4 is 31.9 Å². The van der Waals surface area contributed by atoms with Crippen molar-refractivity contribution < 1.29 is 13.2 Å². The van der Waals surface area contributed by atoms with Crippen molar-refractivity contribution in [2.75, 3.05) is 25.9 Å². The van der Waals surface area contributed by atoms with Gasteiger partial charge in [0.05, 0.1) is 12.7 Å². The first kappa shape index (κ1) is 19.1. The van der Waals surface area contributed by atoms with Gasteiger partial charge in [-0.05, 0) is 23.6 Å². The second-order valence-electron chi connectivity index (χ2n) is 5.67. The van der Waals surface area contributed by atoms with Crippen molar-refractivity contribution in [3.8, 4) is 0 Å². The molecule has 0 aliphatic heterocycles. The van der Waals surface area contributed by atoms with Gasteiger partial charge in [0.2, 0.25) is 15.9 Å². The maximum Gasteiger partial charge on any atom is 0.224 e. The van der Waals surface area contributed by atoms with Crippen LogP contribution < -0.4 is 5.32 Å². The van der Waals surface area contributed by atoms with Crippen molar-refractivity contribution in [2.24, 2.45) is 5.92 Å². The fourth-order valence-corrected chi connectivity index (χ4v) is 3.23. The molecule has 0 atom stereocenters. The molecule has 5 nitrogen and oxygen atoms in total. The van der Waals surface area contributed by atoms with E-state index in [1.807, 2.05) is 38.1 Å². The van der Waals surface area contributed by atoms with Gasteiger partial charge in [0.1, 0.15) is 0 Å². The van der Waals surface area contributed by atoms with E-state index in [-0.39, 0.29) is 18.2 Å². The second-order valence-corrected chi connectivity index (χ2v) is 8.57. The van der Waals surface area contributed by atoms with Crippen molar-refractivity contribution in [1.29, 1.82) is 0 Å². The predicted octanol–water partition coefficient (Wildman–Crippen LogP) is 2.03. The predicted molar refractivity (Wildman–Crippen MR) is 92.1 cm³/mol. The Kier molecular flexibility index (Phi) is 7.52. The molecule has 1 amide bonds. The summed E-state index contributed by atoms with van der Waals surface area (Å²) < 4.78 is 25.7. The highest BCUT2D eigenvalue weighted by molar-refractivity contribution is 9.10. The molecule has 124 valence electrons. The van der Waals surface area contributed by atoms with Gasteiger partial charge < -0.3 is 5.32 Å². The summed E-state index contributed by atoms with van der Waals surface area (Å²) in [7, 11) is -3.24. The summed E-state index contributed by atoms with van der Waals surface area (Å²) in [4.78, 5) is 11.9. The summed E-state index contributed by atoms with van der Waals surface area (Å²) in [6.45, 7) is 4.99. The van der Waals surface area contributed by atoms with Gasteiger partial charge in [0, 0.05) is 24.1 Å². The third-order valence-corrected chi connectivity index (χ3v) is 4.80. The smallest absolute Gasteiger partial charge is 0.224 e. The van der Waals surface area contributed by atoms with Gasteiger partial charge in [0.15, 0.2) is 0 Å². The number of benzene rings is 1. The van der Waals surface area contributed by atoms with Crippen LogP contribution in [-0.4, -0.2) is 44.5 Å². The van der Waals surface area contributed by atoms with Gasteiger partial charge in [-0.1, -0.05) is 41.9 Å². The summed E-state index contributed by atoms with van der Waals surface area (Å²) in [6.07, 6.45) is 1.48. The molecule has 1 N–H and O–H groups in total. The van der Waals surface area contributed by atoms with E-state index in [2.05, 4.69) is 21.2 Å². The Morgan fingerprint density at radius 3 is 2.36 bits per heavy atom. The van der Waals surface area contributed by atoms with Crippen LogP contribution in [0.1, 0.15) is 19.4 Å². The van der Waals surface area contributed by atoms with Gasteiger partial charge in [-0.25, -0.2) is 12.7 Å². The quantitative estimate of drug-likeness (QED) is 0.738. The summed E-state index contributed by atoms with van der Waals surface area (Å²) >= 11 is 3.34. The van der Waals surface area contributed by atoms with Crippen LogP contribution in [0.5, 0.6) is 0 Å². The number of rotatable bonds is 8. The number of hydrogen-bond acceptors (Lipinski definition) is 3. The molecule has 0 spiro atoms. The molecule has 0 aliphatic carbocycles. The van der Waals surface area contributed by atoms with E-state index < -0.39 is 10.0 Å². The first-order valence-corrected chi connectivity index (χ1v) is 9.79. The molecular formula is C15H23BrN2O3S. The third kappa shape index (κ3) is 7.38. The Labute approximate surface area is 141 Å². The molecule has 22 heavy (non-hydrogen) atoms. The molecule has 1 aromatic carbocycles. The number of hydrogen-bond donors (Lipinski definition) is 1. The molecule has 1 aromatic rings. The fraction of sp³-hybridized carbons (Fsp3) is 0.533. The molecule has 0 fully saturated rings. The first-order valence-electron chi connectivity index (χ1n) is 7.14. The molecule has 0 aliphatic rings. The topological polar surface area (TPSA) is 66.5 Å². The van der Waals surface area contributed by atoms with Crippen LogP contribution >= 0.6 is 15.9 Å². The SMILES string of the molecule is CC(C)CN(CCNC(=O)Cc1ccc(Br)cc1)S(C)(=O)=O. The van der Waals surface area contributed by atoms with E-state index in [1.54, 1.807) is 0 Å². The minimum absolute atomic E-state index is 0.111. The molecular weight excluding hydrogens is 368 g/mol. The second kappa shape index (κ2) is 8.64. The number of halogens is 1. The van der Waals surface area contributed by atoms with E-state index in [0.717, 1.165) is 10.0 Å². The van der Waals surface area contributed by atoms with Crippen LogP contribution in [0, 0.1) is 5.92 Å². The lowest BCUT2D eigenvalue weighted by Gasteiger charge is -2.22. The summed E-state index contributed by atoms with van der Waals surface area (Å²) in [5.74, 6) is 0.133. The maximum atomic E-state index is 11.9. The Morgan fingerprint density at radius 2 is 1.86 bits per heavy atom. The molecule has 0 saturated carbocycles. The van der Waals surface area contributed by atoms with Gasteiger partial charge in [-0.15, -0.1) is 0 Å². The highest BCUT2D eigenvalue weighted by Crippen LogP contribution is 2.10. The summed E-state index contributed by atoms with van der Waals surface area (Å²) in [5, 5.41) is 2.76. The minimum atomic E-state index is -3.24. The molecule has 0 saturated heterocycles. The van der Waals surface area contributed by atoms with Crippen LogP contribution in [0.15, 0.2) is 28.7 Å². The number of nitrogens with one attached hydrogen (secondary N) is 1. The van der Waals surface area contributed by atoms with Gasteiger partial charge in [0.25, 0.3) is 0 Å². The van der Waals surface area contributed by atoms with Crippen LogP contribution in [0.25, 0.3) is 0 Å². The summed E-state index contributed by atoms with van der Waals surface area (Å²) in [6, 6.07) is 7.53. The molecule has 0 bridgehead atoms. The van der Waals surface area contributed by atoms with Crippen LogP contribution in [0.4, 0.5) is 0 Å². The lowest BCUT2D eigenvalue weighted by molar-refractivity contribution is -0.120. The van der Waals surface area contributed by atoms with Gasteiger partial charge in [-0.2, -0.15) is 0 Å². The highest BCUT2D eigenvalue weighted by atomic mass is 79.9. The lowest BCUT2D eigenvalue weighted by atomic mass is 10.1. The van der Waals surface area contributed by atoms with Crippen LogP contribution in [-0.2, 0) is 21.2 Å². The Hall–Kier alpha value is -0.920. The van der Waals surface area contributed by atoms with E-state index >= 15 is 0 Å². The van der Waals surface area contributed by atoms with Crippen molar-refractivity contribution in [1.82, 2.24) is 9.62 Å². The van der Waals surface area contributed by atoms with Gasteiger partial charge in [-0.3, -0.25) is 4.79 Å². The molecule has 0 aromatic heterocycles. The third-order valence-electron chi connectivity index (χ3n) is 3.00. The van der Waals surface area contributed by atoms with E-state index in [0.29, 0.717) is 19.6 Å². The molecule has 1 rings (SSSR count). The summed E-state index contributed by atoms with van der Waals surface area (Å²) in [5.41, 5.74) is 0.919. The monoisotopic (exact) mass is 390 g/mol. The fourth-order valence-electron chi connectivity index (χ4n) is 1.97. The van der Waals surface area contributed by atoms with Crippen molar-refractivity contribution in [2.45, 2.75) is 20.3 Å². The molecule has 0 radical (unpaired) electrons. The Morgan fingerprint density at radius 1 is 1.27 bits per heavy atom. The molecule has 0 unspecified atom stereocenters. The standard InChI is InChI=1S/C15H23BrN2O3S/c1-12(2)11-18(22(3,20)21)9-8-17-15(19)10-13-4-6-14(16)7-5-13/h4-7,12H,8-11H2,1-3H3,(H,17,19). The van der Waals surface area contributed by atoms with Crippen molar-refractivity contribution in [3.05, 3.63) is 34.3 Å². The Bertz CT molecular complexity index is 585. The number of carbonyl (C=O) groups is 1. The zero-order valence-electron chi connectivity index (χ0n) is 13.2. The van der Waals surface area contributed by atoms with Gasteiger partial charge >= 0.3 is 0 Å². The highest BCUT2D eigenvalue weighted by Gasteiger charge is 2.17. The number of carbonyl (C=O) groups excluding carboxylic acids is 1. The van der Waals surface area contributed by atoms with E-state index in [1.165, 1.54) is 10.6 Å². The van der Waals surface area contributed by atoms with Crippen LogP contribution in [0.3, 0.4) is 0 Å².